The SMILES string of the molecule is C[C@@H]1CCCC[C@H]1NC(=O)CSc1nnc(-c2ccco2)n1CCC(N)=O. The number of nitrogens with two attached hydrogens (primary N) is 1. The fourth-order valence-corrected chi connectivity index (χ4v) is 4.09. The Morgan fingerprint density at radius 1 is 1.37 bits per heavy atom. The number of hydrogen-bond donors (Lipinski definition) is 2. The van der Waals surface area contributed by atoms with Crippen molar-refractivity contribution >= 4 is 23.6 Å². The van der Waals surface area contributed by atoms with Gasteiger partial charge in [-0.15, -0.1) is 10.2 Å². The molecule has 1 saturated carbocycles. The maximum Gasteiger partial charge on any atom is 0.230 e. The number of nitrogens with one attached hydrogen (secondary N) is 1. The van der Waals surface area contributed by atoms with Crippen molar-refractivity contribution in [3.63, 3.8) is 0 Å². The number of nitrogens with zero attached hydrogens (tertiary/aromatic N) is 3. The highest BCUT2D eigenvalue weighted by atomic mass is 32.2. The smallest absolute Gasteiger partial charge is 0.230 e. The Morgan fingerprint density at radius 3 is 2.89 bits per heavy atom. The van der Waals surface area contributed by atoms with E-state index in [0.29, 0.717) is 29.2 Å². The molecule has 1 aliphatic rings. The molecule has 2 amide bonds. The van der Waals surface area contributed by atoms with E-state index in [0.717, 1.165) is 19.3 Å². The Morgan fingerprint density at radius 2 is 2.19 bits per heavy atom. The fourth-order valence-electron chi connectivity index (χ4n) is 3.32. The molecule has 0 saturated heterocycles. The standard InChI is InChI=1S/C18H25N5O3S/c1-12-5-2-3-6-13(12)20-16(25)11-27-18-22-21-17(14-7-4-10-26-14)23(18)9-8-15(19)24/h4,7,10,12-13H,2-3,5-6,8-9,11H2,1H3,(H2,19,24)(H,20,25)/t12-,13-/m1/s1. The van der Waals surface area contributed by atoms with Crippen molar-refractivity contribution in [2.75, 3.05) is 5.75 Å². The summed E-state index contributed by atoms with van der Waals surface area (Å²) in [4.78, 5) is 23.6. The summed E-state index contributed by atoms with van der Waals surface area (Å²) in [6, 6.07) is 3.78. The Balaban J connectivity index is 1.65. The van der Waals surface area contributed by atoms with Crippen LogP contribution in [0.3, 0.4) is 0 Å². The Hall–Kier alpha value is -2.29. The normalized spacial score (nSPS) is 19.7. The summed E-state index contributed by atoms with van der Waals surface area (Å²) < 4.78 is 7.16. The van der Waals surface area contributed by atoms with E-state index >= 15 is 0 Å². The van der Waals surface area contributed by atoms with Gasteiger partial charge in [0.15, 0.2) is 16.7 Å². The van der Waals surface area contributed by atoms with Crippen LogP contribution < -0.4 is 11.1 Å². The molecule has 0 spiro atoms. The van der Waals surface area contributed by atoms with Crippen molar-refractivity contribution in [1.29, 1.82) is 0 Å². The summed E-state index contributed by atoms with van der Waals surface area (Å²) in [5.74, 6) is 1.41. The van der Waals surface area contributed by atoms with Crippen LogP contribution in [-0.2, 0) is 16.1 Å². The van der Waals surface area contributed by atoms with E-state index in [2.05, 4.69) is 22.4 Å². The molecule has 3 N–H and O–H groups in total. The number of rotatable bonds is 8. The number of hydrogen-bond acceptors (Lipinski definition) is 6. The third kappa shape index (κ3) is 5.12. The van der Waals surface area contributed by atoms with E-state index in [4.69, 9.17) is 10.2 Å². The van der Waals surface area contributed by atoms with Gasteiger partial charge in [0.05, 0.1) is 12.0 Å². The van der Waals surface area contributed by atoms with E-state index < -0.39 is 5.91 Å². The lowest BCUT2D eigenvalue weighted by Gasteiger charge is -2.29. The van der Waals surface area contributed by atoms with Gasteiger partial charge in [-0.05, 0) is 30.9 Å². The number of carbonyl (C=O) groups is 2. The zero-order chi connectivity index (χ0) is 19.2. The van der Waals surface area contributed by atoms with E-state index in [1.165, 1.54) is 18.2 Å². The van der Waals surface area contributed by atoms with Gasteiger partial charge in [0.2, 0.25) is 11.8 Å². The second kappa shape index (κ2) is 9.07. The lowest BCUT2D eigenvalue weighted by atomic mass is 9.86. The maximum absolute atomic E-state index is 12.4. The molecule has 9 heteroatoms. The first-order chi connectivity index (χ1) is 13.0. The van der Waals surface area contributed by atoms with Crippen molar-refractivity contribution in [2.45, 2.75) is 56.8 Å². The molecular formula is C18H25N5O3S. The quantitative estimate of drug-likeness (QED) is 0.667. The number of thioether (sulfide) groups is 1. The first-order valence-corrected chi connectivity index (χ1v) is 10.2. The van der Waals surface area contributed by atoms with Gasteiger partial charge >= 0.3 is 0 Å². The Bertz CT molecular complexity index is 774. The summed E-state index contributed by atoms with van der Waals surface area (Å²) in [7, 11) is 0. The minimum Gasteiger partial charge on any atom is -0.461 e. The average Bonchev–Trinajstić information content (AvgIpc) is 3.29. The average molecular weight is 391 g/mol. The second-order valence-electron chi connectivity index (χ2n) is 6.88. The molecular weight excluding hydrogens is 366 g/mol. The summed E-state index contributed by atoms with van der Waals surface area (Å²) in [6.07, 6.45) is 6.30. The van der Waals surface area contributed by atoms with Crippen molar-refractivity contribution < 1.29 is 14.0 Å². The highest BCUT2D eigenvalue weighted by molar-refractivity contribution is 7.99. The van der Waals surface area contributed by atoms with Crippen LogP contribution in [0.15, 0.2) is 28.0 Å². The molecule has 8 nitrogen and oxygen atoms in total. The molecule has 2 atom stereocenters. The number of aromatic nitrogens is 3. The maximum atomic E-state index is 12.4. The number of primary amides is 1. The van der Waals surface area contributed by atoms with Gasteiger partial charge in [-0.3, -0.25) is 14.2 Å². The van der Waals surface area contributed by atoms with Crippen LogP contribution in [0.5, 0.6) is 0 Å². The molecule has 2 aromatic heterocycles. The Labute approximate surface area is 162 Å². The molecule has 0 unspecified atom stereocenters. The van der Waals surface area contributed by atoms with Crippen molar-refractivity contribution in [1.82, 2.24) is 20.1 Å². The molecule has 0 aromatic carbocycles. The zero-order valence-electron chi connectivity index (χ0n) is 15.4. The van der Waals surface area contributed by atoms with Crippen LogP contribution >= 0.6 is 11.8 Å². The van der Waals surface area contributed by atoms with E-state index in [-0.39, 0.29) is 24.1 Å². The number of carbonyl (C=O) groups excluding carboxylic acids is 2. The van der Waals surface area contributed by atoms with Crippen molar-refractivity contribution in [2.24, 2.45) is 11.7 Å². The summed E-state index contributed by atoms with van der Waals surface area (Å²) in [5.41, 5.74) is 5.28. The molecule has 3 rings (SSSR count). The van der Waals surface area contributed by atoms with Gasteiger partial charge in [-0.25, -0.2) is 0 Å². The molecule has 0 bridgehead atoms. The molecule has 1 aliphatic carbocycles. The van der Waals surface area contributed by atoms with E-state index in [1.54, 1.807) is 23.0 Å². The van der Waals surface area contributed by atoms with Gasteiger partial charge in [0, 0.05) is 19.0 Å². The van der Waals surface area contributed by atoms with Gasteiger partial charge in [0.1, 0.15) is 0 Å². The molecule has 1 fully saturated rings. The van der Waals surface area contributed by atoms with Crippen molar-refractivity contribution in [3.05, 3.63) is 18.4 Å². The lowest BCUT2D eigenvalue weighted by molar-refractivity contribution is -0.120. The van der Waals surface area contributed by atoms with Gasteiger partial charge < -0.3 is 15.5 Å². The second-order valence-corrected chi connectivity index (χ2v) is 7.82. The largest absolute Gasteiger partial charge is 0.461 e. The van der Waals surface area contributed by atoms with Gasteiger partial charge in [0.25, 0.3) is 0 Å². The molecule has 2 aromatic rings. The number of furan rings is 1. The third-order valence-electron chi connectivity index (χ3n) is 4.83. The minimum absolute atomic E-state index is 0.0113. The van der Waals surface area contributed by atoms with Crippen LogP contribution in [0.4, 0.5) is 0 Å². The van der Waals surface area contributed by atoms with Crippen LogP contribution in [0.1, 0.15) is 39.0 Å². The van der Waals surface area contributed by atoms with Crippen LogP contribution in [0.2, 0.25) is 0 Å². The number of amides is 2. The topological polar surface area (TPSA) is 116 Å². The third-order valence-corrected chi connectivity index (χ3v) is 5.80. The zero-order valence-corrected chi connectivity index (χ0v) is 16.2. The molecule has 2 heterocycles. The monoisotopic (exact) mass is 391 g/mol. The van der Waals surface area contributed by atoms with E-state index in [1.807, 2.05) is 0 Å². The molecule has 0 aliphatic heterocycles. The van der Waals surface area contributed by atoms with Gasteiger partial charge in [-0.2, -0.15) is 0 Å². The first-order valence-electron chi connectivity index (χ1n) is 9.22. The van der Waals surface area contributed by atoms with E-state index in [9.17, 15) is 9.59 Å². The van der Waals surface area contributed by atoms with Crippen LogP contribution in [-0.4, -0.2) is 38.4 Å². The minimum atomic E-state index is -0.408. The highest BCUT2D eigenvalue weighted by Crippen LogP contribution is 2.26. The lowest BCUT2D eigenvalue weighted by Crippen LogP contribution is -2.41. The van der Waals surface area contributed by atoms with Crippen molar-refractivity contribution in [3.8, 4) is 11.6 Å². The molecule has 27 heavy (non-hydrogen) atoms. The summed E-state index contributed by atoms with van der Waals surface area (Å²) >= 11 is 1.30. The molecule has 146 valence electrons. The Kier molecular flexibility index (Phi) is 6.54. The van der Waals surface area contributed by atoms with Gasteiger partial charge in [-0.1, -0.05) is 31.5 Å². The highest BCUT2D eigenvalue weighted by Gasteiger charge is 2.23. The molecule has 0 radical (unpaired) electrons. The summed E-state index contributed by atoms with van der Waals surface area (Å²) in [5, 5.41) is 12.0. The van der Waals surface area contributed by atoms with Crippen LogP contribution in [0.25, 0.3) is 11.6 Å². The predicted octanol–water partition coefficient (Wildman–Crippen LogP) is 2.20. The predicted molar refractivity (Wildman–Crippen MR) is 102 cm³/mol. The summed E-state index contributed by atoms with van der Waals surface area (Å²) in [6.45, 7) is 2.52. The fraction of sp³-hybridized carbons (Fsp3) is 0.556. The van der Waals surface area contributed by atoms with Crippen LogP contribution in [0, 0.1) is 5.92 Å². The first kappa shape index (κ1) is 19.5.